The summed E-state index contributed by atoms with van der Waals surface area (Å²) in [5.74, 6) is -0.256. The Balaban J connectivity index is 2.02. The van der Waals surface area contributed by atoms with E-state index in [1.165, 1.54) is 18.2 Å². The van der Waals surface area contributed by atoms with E-state index in [0.717, 1.165) is 0 Å². The highest BCUT2D eigenvalue weighted by atomic mass is 35.5. The highest BCUT2D eigenvalue weighted by Crippen LogP contribution is 2.39. The van der Waals surface area contributed by atoms with Crippen LogP contribution < -0.4 is 4.74 Å². The molecule has 0 saturated carbocycles. The first kappa shape index (κ1) is 16.7. The predicted molar refractivity (Wildman–Crippen MR) is 90.4 cm³/mol. The molecule has 1 heterocycles. The lowest BCUT2D eigenvalue weighted by Crippen LogP contribution is -2.00. The van der Waals surface area contributed by atoms with E-state index in [2.05, 4.69) is 9.97 Å². The van der Waals surface area contributed by atoms with Crippen LogP contribution in [-0.4, -0.2) is 26.0 Å². The van der Waals surface area contributed by atoms with Gasteiger partial charge < -0.3 is 14.8 Å². The minimum absolute atomic E-state index is 0.00288. The van der Waals surface area contributed by atoms with E-state index in [9.17, 15) is 14.9 Å². The van der Waals surface area contributed by atoms with Gasteiger partial charge in [0.05, 0.1) is 21.9 Å². The highest BCUT2D eigenvalue weighted by Gasteiger charge is 2.23. The van der Waals surface area contributed by atoms with Gasteiger partial charge >= 0.3 is 11.7 Å². The predicted octanol–water partition coefficient (Wildman–Crippen LogP) is 3.85. The number of nitrogens with zero attached hydrogens (tertiary/aromatic N) is 2. The molecule has 2 aromatic carbocycles. The number of aromatic amines is 1. The first-order chi connectivity index (χ1) is 11.8. The minimum Gasteiger partial charge on any atom is -0.481 e. The topological polar surface area (TPSA) is 118 Å². The van der Waals surface area contributed by atoms with Crippen molar-refractivity contribution in [3.8, 4) is 11.5 Å². The second kappa shape index (κ2) is 6.40. The van der Waals surface area contributed by atoms with E-state index in [1.807, 2.05) is 0 Å². The van der Waals surface area contributed by atoms with Gasteiger partial charge in [0.25, 0.3) is 0 Å². The molecule has 0 bridgehead atoms. The number of hydrogen-bond donors (Lipinski definition) is 2. The number of halogens is 1. The van der Waals surface area contributed by atoms with Crippen molar-refractivity contribution in [2.45, 2.75) is 13.3 Å². The lowest BCUT2D eigenvalue weighted by atomic mass is 10.1. The van der Waals surface area contributed by atoms with Gasteiger partial charge in [-0.05, 0) is 36.8 Å². The van der Waals surface area contributed by atoms with E-state index in [-0.39, 0.29) is 34.1 Å². The molecule has 9 heteroatoms. The Kier molecular flexibility index (Phi) is 4.28. The third-order valence-electron chi connectivity index (χ3n) is 3.46. The van der Waals surface area contributed by atoms with Gasteiger partial charge in [0.1, 0.15) is 11.6 Å². The smallest absolute Gasteiger partial charge is 0.339 e. The molecule has 0 unspecified atom stereocenters. The fraction of sp³-hybridized carbons (Fsp3) is 0.125. The van der Waals surface area contributed by atoms with E-state index < -0.39 is 10.9 Å². The third-order valence-corrected chi connectivity index (χ3v) is 3.76. The minimum atomic E-state index is -0.986. The number of ether oxygens (including phenoxy) is 1. The van der Waals surface area contributed by atoms with Crippen molar-refractivity contribution in [3.05, 3.63) is 56.9 Å². The second-order valence-electron chi connectivity index (χ2n) is 5.33. The Morgan fingerprint density at radius 2 is 2.08 bits per heavy atom. The lowest BCUT2D eigenvalue weighted by Gasteiger charge is -2.09. The maximum atomic E-state index is 11.5. The summed E-state index contributed by atoms with van der Waals surface area (Å²) < 4.78 is 5.60. The van der Waals surface area contributed by atoms with Crippen LogP contribution in [0.4, 0.5) is 5.69 Å². The molecular formula is C16H12ClN3O5. The quantitative estimate of drug-likeness (QED) is 0.526. The van der Waals surface area contributed by atoms with Gasteiger partial charge in [-0.25, -0.2) is 4.98 Å². The third kappa shape index (κ3) is 3.38. The first-order valence-electron chi connectivity index (χ1n) is 7.17. The van der Waals surface area contributed by atoms with Crippen LogP contribution in [0.1, 0.15) is 11.4 Å². The van der Waals surface area contributed by atoms with Crippen LogP contribution in [0, 0.1) is 17.0 Å². The highest BCUT2D eigenvalue weighted by molar-refractivity contribution is 6.32. The number of aromatic nitrogens is 2. The maximum Gasteiger partial charge on any atom is 0.339 e. The average molecular weight is 362 g/mol. The summed E-state index contributed by atoms with van der Waals surface area (Å²) in [5, 5.41) is 20.4. The molecule has 0 aliphatic rings. The molecular weight excluding hydrogens is 350 g/mol. The maximum absolute atomic E-state index is 11.5. The molecule has 0 radical (unpaired) electrons. The number of aryl methyl sites for hydroxylation is 1. The number of imidazole rings is 1. The van der Waals surface area contributed by atoms with Crippen molar-refractivity contribution in [3.63, 3.8) is 0 Å². The number of carboxylic acids is 1. The Hall–Kier alpha value is -3.13. The largest absolute Gasteiger partial charge is 0.481 e. The molecule has 0 atom stereocenters. The van der Waals surface area contributed by atoms with Crippen LogP contribution in [-0.2, 0) is 11.2 Å². The number of nitrogens with one attached hydrogen (secondary N) is 1. The molecule has 0 amide bonds. The zero-order chi connectivity index (χ0) is 18.1. The summed E-state index contributed by atoms with van der Waals surface area (Å²) >= 11 is 6.11. The van der Waals surface area contributed by atoms with Gasteiger partial charge in [-0.2, -0.15) is 0 Å². The molecule has 25 heavy (non-hydrogen) atoms. The van der Waals surface area contributed by atoms with Gasteiger partial charge in [-0.3, -0.25) is 14.9 Å². The Morgan fingerprint density at radius 3 is 2.72 bits per heavy atom. The van der Waals surface area contributed by atoms with Crippen LogP contribution in [0.2, 0.25) is 5.02 Å². The molecule has 2 N–H and O–H groups in total. The van der Waals surface area contributed by atoms with Crippen molar-refractivity contribution in [2.75, 3.05) is 0 Å². The number of nitro groups is 1. The molecule has 128 valence electrons. The summed E-state index contributed by atoms with van der Waals surface area (Å²) in [5.41, 5.74) is 0.948. The number of carbonyl (C=O) groups is 1. The fourth-order valence-electron chi connectivity index (χ4n) is 2.45. The monoisotopic (exact) mass is 361 g/mol. The van der Waals surface area contributed by atoms with Gasteiger partial charge in [-0.15, -0.1) is 0 Å². The van der Waals surface area contributed by atoms with E-state index >= 15 is 0 Å². The van der Waals surface area contributed by atoms with E-state index in [4.69, 9.17) is 21.4 Å². The van der Waals surface area contributed by atoms with Crippen LogP contribution in [0.25, 0.3) is 11.0 Å². The molecule has 3 rings (SSSR count). The number of fused-ring (bicyclic) bond motifs is 1. The van der Waals surface area contributed by atoms with Crippen LogP contribution >= 0.6 is 11.6 Å². The molecule has 0 saturated heterocycles. The molecule has 1 aromatic heterocycles. The molecule has 3 aromatic rings. The van der Waals surface area contributed by atoms with Crippen LogP contribution in [0.3, 0.4) is 0 Å². The zero-order valence-corrected chi connectivity index (χ0v) is 13.7. The van der Waals surface area contributed by atoms with Gasteiger partial charge in [0, 0.05) is 0 Å². The summed E-state index contributed by atoms with van der Waals surface area (Å²) in [6, 6.07) is 7.56. The summed E-state index contributed by atoms with van der Waals surface area (Å²) in [6.07, 6.45) is -0.182. The van der Waals surface area contributed by atoms with Gasteiger partial charge in [0.2, 0.25) is 5.75 Å². The number of aliphatic carboxylic acids is 1. The molecule has 0 aliphatic heterocycles. The number of nitro benzene ring substituents is 1. The molecule has 8 nitrogen and oxygen atoms in total. The summed E-state index contributed by atoms with van der Waals surface area (Å²) in [7, 11) is 0. The molecule has 0 spiro atoms. The second-order valence-corrected chi connectivity index (χ2v) is 5.73. The van der Waals surface area contributed by atoms with Gasteiger partial charge in [0.15, 0.2) is 5.52 Å². The normalized spacial score (nSPS) is 10.8. The number of rotatable bonds is 5. The summed E-state index contributed by atoms with van der Waals surface area (Å²) in [4.78, 5) is 28.7. The molecule has 0 aliphatic carbocycles. The Labute approximate surface area is 146 Å². The SMILES string of the molecule is Cc1nc2c([N+](=O)[O-])c(Oc3ccc(CC(=O)O)cc3Cl)ccc2[nH]1. The summed E-state index contributed by atoms with van der Waals surface area (Å²) in [6.45, 7) is 1.70. The van der Waals surface area contributed by atoms with E-state index in [1.54, 1.807) is 19.1 Å². The van der Waals surface area contributed by atoms with Crippen molar-refractivity contribution in [1.29, 1.82) is 0 Å². The van der Waals surface area contributed by atoms with Crippen molar-refractivity contribution >= 4 is 34.3 Å². The average Bonchev–Trinajstić information content (AvgIpc) is 2.88. The standard InChI is InChI=1S/C16H12ClN3O5/c1-8-18-11-3-5-13(16(20(23)24)15(11)19-8)25-12-4-2-9(6-10(12)17)7-14(21)22/h2-6H,7H2,1H3,(H,18,19)(H,21,22). The lowest BCUT2D eigenvalue weighted by molar-refractivity contribution is -0.384. The fourth-order valence-corrected chi connectivity index (χ4v) is 2.70. The van der Waals surface area contributed by atoms with Crippen molar-refractivity contribution in [2.24, 2.45) is 0 Å². The molecule has 0 fully saturated rings. The number of H-pyrrole nitrogens is 1. The number of hydrogen-bond acceptors (Lipinski definition) is 5. The number of benzene rings is 2. The van der Waals surface area contributed by atoms with Crippen molar-refractivity contribution < 1.29 is 19.6 Å². The van der Waals surface area contributed by atoms with Crippen molar-refractivity contribution in [1.82, 2.24) is 9.97 Å². The van der Waals surface area contributed by atoms with Gasteiger partial charge in [-0.1, -0.05) is 17.7 Å². The number of carboxylic acid groups (broad SMARTS) is 1. The van der Waals surface area contributed by atoms with Crippen LogP contribution in [0.15, 0.2) is 30.3 Å². The Morgan fingerprint density at radius 1 is 1.36 bits per heavy atom. The van der Waals surface area contributed by atoms with E-state index in [0.29, 0.717) is 16.9 Å². The first-order valence-corrected chi connectivity index (χ1v) is 7.54. The Bertz CT molecular complexity index is 999. The van der Waals surface area contributed by atoms with Crippen LogP contribution in [0.5, 0.6) is 11.5 Å². The zero-order valence-electron chi connectivity index (χ0n) is 12.9.